The Morgan fingerprint density at radius 3 is 2.35 bits per heavy atom. The van der Waals surface area contributed by atoms with Gasteiger partial charge in [-0.3, -0.25) is 0 Å². The largest absolute Gasteiger partial charge is 0.396 e. The highest BCUT2D eigenvalue weighted by Gasteiger charge is 2.21. The first kappa shape index (κ1) is 14.2. The zero-order chi connectivity index (χ0) is 12.7. The topological polar surface area (TPSA) is 49.7 Å². The zero-order valence-corrected chi connectivity index (χ0v) is 10.5. The molecule has 0 fully saturated rings. The Kier molecular flexibility index (Phi) is 6.19. The predicted molar refractivity (Wildman–Crippen MR) is 67.5 cm³/mol. The van der Waals surface area contributed by atoms with Crippen molar-refractivity contribution in [1.82, 2.24) is 0 Å². The Morgan fingerprint density at radius 1 is 1.18 bits per heavy atom. The van der Waals surface area contributed by atoms with E-state index in [4.69, 9.17) is 9.84 Å². The predicted octanol–water partition coefficient (Wildman–Crippen LogP) is 1.83. The summed E-state index contributed by atoms with van der Waals surface area (Å²) in [5.41, 5.74) is 1.09. The molecule has 2 N–H and O–H groups in total. The Labute approximate surface area is 103 Å². The van der Waals surface area contributed by atoms with Crippen LogP contribution in [-0.4, -0.2) is 29.5 Å². The van der Waals surface area contributed by atoms with Crippen LogP contribution in [0.5, 0.6) is 0 Å². The molecule has 3 heteroatoms. The minimum absolute atomic E-state index is 0.00642. The van der Waals surface area contributed by atoms with Crippen LogP contribution in [0, 0.1) is 11.8 Å². The molecule has 0 bridgehead atoms. The summed E-state index contributed by atoms with van der Waals surface area (Å²) in [7, 11) is 0. The summed E-state index contributed by atoms with van der Waals surface area (Å²) in [5.74, 6) is 0.126. The molecule has 17 heavy (non-hydrogen) atoms. The molecule has 0 aliphatic rings. The minimum atomic E-state index is -0.608. The van der Waals surface area contributed by atoms with Crippen LogP contribution >= 0.6 is 0 Å². The van der Waals surface area contributed by atoms with E-state index in [9.17, 15) is 5.11 Å². The van der Waals surface area contributed by atoms with Crippen molar-refractivity contribution < 1.29 is 14.9 Å². The molecule has 0 radical (unpaired) electrons. The van der Waals surface area contributed by atoms with E-state index >= 15 is 0 Å². The van der Waals surface area contributed by atoms with Crippen molar-refractivity contribution in [3.63, 3.8) is 0 Å². The van der Waals surface area contributed by atoms with Crippen molar-refractivity contribution in [2.75, 3.05) is 13.2 Å². The van der Waals surface area contributed by atoms with E-state index in [1.54, 1.807) is 0 Å². The molecule has 3 nitrogen and oxygen atoms in total. The second kappa shape index (κ2) is 7.43. The molecule has 0 aliphatic heterocycles. The average Bonchev–Trinajstić information content (AvgIpc) is 2.30. The molecule has 0 heterocycles. The first-order chi connectivity index (χ1) is 8.15. The molecule has 0 saturated carbocycles. The van der Waals surface area contributed by atoms with Crippen molar-refractivity contribution in [2.24, 2.45) is 11.8 Å². The highest BCUT2D eigenvalue weighted by atomic mass is 16.5. The lowest BCUT2D eigenvalue weighted by Crippen LogP contribution is -2.32. The Hall–Kier alpha value is -0.900. The third kappa shape index (κ3) is 4.86. The van der Waals surface area contributed by atoms with Crippen LogP contribution < -0.4 is 0 Å². The lowest BCUT2D eigenvalue weighted by Gasteiger charge is -2.24. The van der Waals surface area contributed by atoms with Gasteiger partial charge in [0.05, 0.1) is 19.3 Å². The van der Waals surface area contributed by atoms with Crippen LogP contribution in [0.1, 0.15) is 19.4 Å². The number of aliphatic hydroxyl groups is 2. The summed E-state index contributed by atoms with van der Waals surface area (Å²) >= 11 is 0. The fraction of sp³-hybridized carbons (Fsp3) is 0.571. The average molecular weight is 238 g/mol. The molecule has 96 valence electrons. The van der Waals surface area contributed by atoms with Crippen LogP contribution in [0.25, 0.3) is 0 Å². The standard InChI is InChI=1S/C14H22O3/c1-11(2)13(8-15)14(16)10-17-9-12-6-4-3-5-7-12/h3-7,11,13-16H,8-10H2,1-2H3/t13-,14-/m1/s1. The molecule has 0 aromatic heterocycles. The van der Waals surface area contributed by atoms with E-state index in [2.05, 4.69) is 0 Å². The third-order valence-electron chi connectivity index (χ3n) is 2.96. The van der Waals surface area contributed by atoms with Gasteiger partial charge >= 0.3 is 0 Å². The number of aliphatic hydroxyl groups excluding tert-OH is 2. The van der Waals surface area contributed by atoms with Crippen molar-refractivity contribution in [2.45, 2.75) is 26.6 Å². The molecule has 1 aromatic rings. The summed E-state index contributed by atoms with van der Waals surface area (Å²) < 4.78 is 5.45. The molecule has 2 atom stereocenters. The van der Waals surface area contributed by atoms with Gasteiger partial charge < -0.3 is 14.9 Å². The van der Waals surface area contributed by atoms with Gasteiger partial charge in [0.1, 0.15) is 0 Å². The number of hydrogen-bond donors (Lipinski definition) is 2. The quantitative estimate of drug-likeness (QED) is 0.762. The zero-order valence-electron chi connectivity index (χ0n) is 10.5. The lowest BCUT2D eigenvalue weighted by molar-refractivity contribution is -0.0294. The van der Waals surface area contributed by atoms with Crippen LogP contribution in [0.3, 0.4) is 0 Å². The minimum Gasteiger partial charge on any atom is -0.396 e. The number of benzene rings is 1. The fourth-order valence-electron chi connectivity index (χ4n) is 1.77. The highest BCUT2D eigenvalue weighted by molar-refractivity contribution is 5.13. The van der Waals surface area contributed by atoms with E-state index in [1.165, 1.54) is 0 Å². The van der Waals surface area contributed by atoms with Gasteiger partial charge in [0.25, 0.3) is 0 Å². The molecule has 1 aromatic carbocycles. The van der Waals surface area contributed by atoms with Gasteiger partial charge in [0, 0.05) is 12.5 Å². The van der Waals surface area contributed by atoms with Crippen molar-refractivity contribution >= 4 is 0 Å². The molecule has 0 unspecified atom stereocenters. The maximum Gasteiger partial charge on any atom is 0.0826 e. The molecule has 1 rings (SSSR count). The number of hydrogen-bond acceptors (Lipinski definition) is 3. The first-order valence-electron chi connectivity index (χ1n) is 6.05. The number of ether oxygens (including phenoxy) is 1. The van der Waals surface area contributed by atoms with E-state index in [0.717, 1.165) is 5.56 Å². The Morgan fingerprint density at radius 2 is 1.82 bits per heavy atom. The van der Waals surface area contributed by atoms with Crippen molar-refractivity contribution in [1.29, 1.82) is 0 Å². The monoisotopic (exact) mass is 238 g/mol. The first-order valence-corrected chi connectivity index (χ1v) is 6.05. The van der Waals surface area contributed by atoms with Crippen molar-refractivity contribution in [3.8, 4) is 0 Å². The van der Waals surface area contributed by atoms with Gasteiger partial charge in [-0.05, 0) is 11.5 Å². The van der Waals surface area contributed by atoms with Crippen LogP contribution in [0.4, 0.5) is 0 Å². The lowest BCUT2D eigenvalue weighted by atomic mass is 9.91. The van der Waals surface area contributed by atoms with E-state index in [0.29, 0.717) is 6.61 Å². The van der Waals surface area contributed by atoms with E-state index < -0.39 is 6.10 Å². The third-order valence-corrected chi connectivity index (χ3v) is 2.96. The fourth-order valence-corrected chi connectivity index (χ4v) is 1.77. The maximum atomic E-state index is 9.87. The molecule has 0 spiro atoms. The molecule has 0 amide bonds. The smallest absolute Gasteiger partial charge is 0.0826 e. The SMILES string of the molecule is CC(C)[C@@H](CO)[C@H](O)COCc1ccccc1. The van der Waals surface area contributed by atoms with E-state index in [-0.39, 0.29) is 25.0 Å². The van der Waals surface area contributed by atoms with Gasteiger partial charge in [0.15, 0.2) is 0 Å². The summed E-state index contributed by atoms with van der Waals surface area (Å²) in [6.45, 7) is 4.72. The van der Waals surface area contributed by atoms with Gasteiger partial charge in [-0.1, -0.05) is 44.2 Å². The van der Waals surface area contributed by atoms with E-state index in [1.807, 2.05) is 44.2 Å². The van der Waals surface area contributed by atoms with Crippen LogP contribution in [0.2, 0.25) is 0 Å². The highest BCUT2D eigenvalue weighted by Crippen LogP contribution is 2.15. The second-order valence-corrected chi connectivity index (χ2v) is 4.66. The van der Waals surface area contributed by atoms with Gasteiger partial charge in [-0.15, -0.1) is 0 Å². The Balaban J connectivity index is 2.31. The molecule has 0 aliphatic carbocycles. The molecular formula is C14H22O3. The summed E-state index contributed by atoms with van der Waals surface area (Å²) in [5, 5.41) is 19.0. The summed E-state index contributed by atoms with van der Waals surface area (Å²) in [6.07, 6.45) is -0.608. The van der Waals surface area contributed by atoms with Crippen molar-refractivity contribution in [3.05, 3.63) is 35.9 Å². The second-order valence-electron chi connectivity index (χ2n) is 4.66. The number of rotatable bonds is 7. The normalized spacial score (nSPS) is 14.9. The summed E-state index contributed by atoms with van der Waals surface area (Å²) in [6, 6.07) is 9.84. The van der Waals surface area contributed by atoms with Gasteiger partial charge in [-0.25, -0.2) is 0 Å². The van der Waals surface area contributed by atoms with Gasteiger partial charge in [-0.2, -0.15) is 0 Å². The molecule has 0 saturated heterocycles. The Bertz CT molecular complexity index is 298. The van der Waals surface area contributed by atoms with Crippen LogP contribution in [0.15, 0.2) is 30.3 Å². The molecular weight excluding hydrogens is 216 g/mol. The maximum absolute atomic E-state index is 9.87. The van der Waals surface area contributed by atoms with Crippen LogP contribution in [-0.2, 0) is 11.3 Å². The summed E-state index contributed by atoms with van der Waals surface area (Å²) in [4.78, 5) is 0. The van der Waals surface area contributed by atoms with Gasteiger partial charge in [0.2, 0.25) is 0 Å².